The van der Waals surface area contributed by atoms with Gasteiger partial charge in [-0.2, -0.15) is 0 Å². The molecule has 1 aromatic rings. The maximum Gasteiger partial charge on any atom is 0.350 e. The third-order valence-corrected chi connectivity index (χ3v) is 4.89. The predicted molar refractivity (Wildman–Crippen MR) is 102 cm³/mol. The van der Waals surface area contributed by atoms with Gasteiger partial charge in [0, 0.05) is 19.0 Å². The lowest BCUT2D eigenvalue weighted by Crippen LogP contribution is -2.52. The molecular weight excluding hydrogens is 352 g/mol. The van der Waals surface area contributed by atoms with Crippen LogP contribution in [0.25, 0.3) is 0 Å². The molecule has 2 rings (SSSR count). The highest BCUT2D eigenvalue weighted by atomic mass is 32.1. The van der Waals surface area contributed by atoms with Gasteiger partial charge in [0.2, 0.25) is 5.91 Å². The predicted octanol–water partition coefficient (Wildman–Crippen LogP) is 2.59. The third kappa shape index (κ3) is 4.77. The lowest BCUT2D eigenvalue weighted by atomic mass is 9.98. The summed E-state index contributed by atoms with van der Waals surface area (Å²) >= 11 is 1.25. The Morgan fingerprint density at radius 2 is 2.15 bits per heavy atom. The number of esters is 1. The van der Waals surface area contributed by atoms with E-state index in [1.54, 1.807) is 24.9 Å². The van der Waals surface area contributed by atoms with E-state index in [0.29, 0.717) is 23.7 Å². The van der Waals surface area contributed by atoms with Crippen LogP contribution in [0.4, 0.5) is 5.69 Å². The molecule has 0 spiro atoms. The SMILES string of the molecule is COC(=O)c1sc(C#CC(C)(C)C)cc1NC1(C)COCCN(C)C1=O. The topological polar surface area (TPSA) is 67.9 Å². The van der Waals surface area contributed by atoms with E-state index in [0.717, 1.165) is 4.88 Å². The van der Waals surface area contributed by atoms with Crippen LogP contribution in [0, 0.1) is 17.3 Å². The summed E-state index contributed by atoms with van der Waals surface area (Å²) in [6.07, 6.45) is 0. The number of rotatable bonds is 3. The monoisotopic (exact) mass is 378 g/mol. The van der Waals surface area contributed by atoms with Crippen molar-refractivity contribution in [3.05, 3.63) is 15.8 Å². The summed E-state index contributed by atoms with van der Waals surface area (Å²) in [6.45, 7) is 9.07. The van der Waals surface area contributed by atoms with E-state index in [9.17, 15) is 9.59 Å². The average Bonchev–Trinajstić information content (AvgIpc) is 2.91. The Balaban J connectivity index is 2.40. The molecule has 6 nitrogen and oxygen atoms in total. The van der Waals surface area contributed by atoms with Crippen LogP contribution in [0.15, 0.2) is 6.07 Å². The van der Waals surface area contributed by atoms with Crippen molar-refractivity contribution in [2.45, 2.75) is 33.2 Å². The van der Waals surface area contributed by atoms with Crippen molar-refractivity contribution in [2.75, 3.05) is 39.2 Å². The van der Waals surface area contributed by atoms with Gasteiger partial charge in [-0.05, 0) is 33.8 Å². The summed E-state index contributed by atoms with van der Waals surface area (Å²) in [5.41, 5.74) is -0.582. The van der Waals surface area contributed by atoms with Crippen molar-refractivity contribution in [1.82, 2.24) is 4.90 Å². The molecule has 1 fully saturated rings. The van der Waals surface area contributed by atoms with Crippen LogP contribution in [0.2, 0.25) is 0 Å². The number of anilines is 1. The zero-order chi connectivity index (χ0) is 19.5. The smallest absolute Gasteiger partial charge is 0.350 e. The number of hydrogen-bond acceptors (Lipinski definition) is 6. The Morgan fingerprint density at radius 1 is 1.46 bits per heavy atom. The van der Waals surface area contributed by atoms with Gasteiger partial charge in [-0.25, -0.2) is 4.79 Å². The fraction of sp³-hybridized carbons (Fsp3) is 0.579. The standard InChI is InChI=1S/C19H26N2O4S/c1-18(2,3)8-7-13-11-14(15(26-13)16(22)24-6)20-19(4)12-25-10-9-21(5)17(19)23/h11,20H,9-10,12H2,1-6H3. The Labute approximate surface area is 158 Å². The van der Waals surface area contributed by atoms with E-state index >= 15 is 0 Å². The van der Waals surface area contributed by atoms with Crippen molar-refractivity contribution >= 4 is 28.9 Å². The number of ether oxygens (including phenoxy) is 2. The number of thiophene rings is 1. The summed E-state index contributed by atoms with van der Waals surface area (Å²) in [7, 11) is 3.08. The van der Waals surface area contributed by atoms with Crippen LogP contribution in [0.1, 0.15) is 42.2 Å². The van der Waals surface area contributed by atoms with Crippen molar-refractivity contribution in [2.24, 2.45) is 5.41 Å². The lowest BCUT2D eigenvalue weighted by Gasteiger charge is -2.30. The summed E-state index contributed by atoms with van der Waals surface area (Å²) in [6, 6.07) is 1.79. The lowest BCUT2D eigenvalue weighted by molar-refractivity contribution is -0.133. The maximum absolute atomic E-state index is 12.7. The van der Waals surface area contributed by atoms with Crippen LogP contribution < -0.4 is 5.32 Å². The van der Waals surface area contributed by atoms with Gasteiger partial charge in [-0.3, -0.25) is 4.79 Å². The summed E-state index contributed by atoms with van der Waals surface area (Å²) in [4.78, 5) is 27.7. The van der Waals surface area contributed by atoms with Crippen LogP contribution >= 0.6 is 11.3 Å². The highest BCUT2D eigenvalue weighted by Crippen LogP contribution is 2.31. The number of carbonyl (C=O) groups excluding carboxylic acids is 2. The Bertz CT molecular complexity index is 754. The van der Waals surface area contributed by atoms with Gasteiger partial charge in [0.25, 0.3) is 0 Å². The summed E-state index contributed by atoms with van der Waals surface area (Å²) in [5.74, 6) is 5.71. The average molecular weight is 378 g/mol. The van der Waals surface area contributed by atoms with Gasteiger partial charge in [0.15, 0.2) is 0 Å². The fourth-order valence-corrected chi connectivity index (χ4v) is 3.37. The molecule has 0 radical (unpaired) electrons. The zero-order valence-corrected chi connectivity index (χ0v) is 17.0. The second kappa shape index (κ2) is 7.68. The number of nitrogens with one attached hydrogen (secondary N) is 1. The van der Waals surface area contributed by atoms with Crippen LogP contribution in [0.5, 0.6) is 0 Å². The minimum Gasteiger partial charge on any atom is -0.465 e. The fourth-order valence-electron chi connectivity index (χ4n) is 2.49. The third-order valence-electron chi connectivity index (χ3n) is 3.85. The van der Waals surface area contributed by atoms with E-state index in [4.69, 9.17) is 9.47 Å². The van der Waals surface area contributed by atoms with Gasteiger partial charge in [-0.1, -0.05) is 11.8 Å². The van der Waals surface area contributed by atoms with Gasteiger partial charge in [0.05, 0.1) is 30.9 Å². The van der Waals surface area contributed by atoms with E-state index in [1.165, 1.54) is 18.4 Å². The minimum absolute atomic E-state index is 0.0839. The molecule has 1 unspecified atom stereocenters. The summed E-state index contributed by atoms with van der Waals surface area (Å²) in [5, 5.41) is 3.20. The molecule has 1 aromatic heterocycles. The van der Waals surface area contributed by atoms with Crippen molar-refractivity contribution in [3.63, 3.8) is 0 Å². The molecule has 26 heavy (non-hydrogen) atoms. The number of carbonyl (C=O) groups is 2. The number of likely N-dealkylation sites (N-methyl/N-ethyl adjacent to an activating group) is 1. The molecule has 2 heterocycles. The molecule has 1 atom stereocenters. The van der Waals surface area contributed by atoms with E-state index in [-0.39, 0.29) is 17.9 Å². The van der Waals surface area contributed by atoms with Gasteiger partial charge in [-0.15, -0.1) is 11.3 Å². The molecule has 142 valence electrons. The van der Waals surface area contributed by atoms with Crippen LogP contribution in [0.3, 0.4) is 0 Å². The molecule has 0 saturated carbocycles. The molecule has 1 N–H and O–H groups in total. The molecule has 1 saturated heterocycles. The first kappa shape index (κ1) is 20.3. The number of amides is 1. The Morgan fingerprint density at radius 3 is 2.77 bits per heavy atom. The van der Waals surface area contributed by atoms with Crippen molar-refractivity contribution in [1.29, 1.82) is 0 Å². The molecule has 0 aliphatic carbocycles. The van der Waals surface area contributed by atoms with Gasteiger partial charge >= 0.3 is 5.97 Å². The summed E-state index contributed by atoms with van der Waals surface area (Å²) < 4.78 is 10.5. The number of nitrogens with zero attached hydrogens (tertiary/aromatic N) is 1. The molecule has 0 aromatic carbocycles. The second-order valence-electron chi connectivity index (χ2n) is 7.58. The van der Waals surface area contributed by atoms with E-state index in [1.807, 2.05) is 20.8 Å². The second-order valence-corrected chi connectivity index (χ2v) is 8.63. The largest absolute Gasteiger partial charge is 0.465 e. The minimum atomic E-state index is -0.968. The van der Waals surface area contributed by atoms with E-state index < -0.39 is 11.5 Å². The first-order valence-electron chi connectivity index (χ1n) is 8.42. The molecule has 1 amide bonds. The normalized spacial score (nSPS) is 20.8. The molecule has 1 aliphatic heterocycles. The first-order valence-corrected chi connectivity index (χ1v) is 9.24. The molecule has 0 bridgehead atoms. The molecular formula is C19H26N2O4S. The van der Waals surface area contributed by atoms with Crippen molar-refractivity contribution < 1.29 is 19.1 Å². The van der Waals surface area contributed by atoms with Crippen LogP contribution in [-0.2, 0) is 14.3 Å². The Kier molecular flexibility index (Phi) is 5.99. The molecule has 1 aliphatic rings. The van der Waals surface area contributed by atoms with Gasteiger partial charge in [0.1, 0.15) is 10.4 Å². The highest BCUT2D eigenvalue weighted by Gasteiger charge is 2.39. The highest BCUT2D eigenvalue weighted by molar-refractivity contribution is 7.15. The first-order chi connectivity index (χ1) is 12.1. The van der Waals surface area contributed by atoms with Crippen LogP contribution in [-0.4, -0.2) is 56.2 Å². The molecule has 7 heteroatoms. The zero-order valence-electron chi connectivity index (χ0n) is 16.2. The van der Waals surface area contributed by atoms with E-state index in [2.05, 4.69) is 17.2 Å². The van der Waals surface area contributed by atoms with Gasteiger partial charge < -0.3 is 19.7 Å². The quantitative estimate of drug-likeness (QED) is 0.647. The Hall–Kier alpha value is -2.04. The number of methoxy groups -OCH3 is 1. The maximum atomic E-state index is 12.7. The number of hydrogen-bond donors (Lipinski definition) is 1. The van der Waals surface area contributed by atoms with Crippen molar-refractivity contribution in [3.8, 4) is 11.8 Å².